The minimum Gasteiger partial charge on any atom is -0.508 e. The summed E-state index contributed by atoms with van der Waals surface area (Å²) in [6.45, 7) is 2.01. The highest BCUT2D eigenvalue weighted by molar-refractivity contribution is 5.70. The Morgan fingerprint density at radius 2 is 2.27 bits per heavy atom. The van der Waals surface area contributed by atoms with Crippen molar-refractivity contribution in [1.82, 2.24) is 0 Å². The van der Waals surface area contributed by atoms with Crippen molar-refractivity contribution in [3.05, 3.63) is 29.8 Å². The molecule has 0 saturated heterocycles. The van der Waals surface area contributed by atoms with Gasteiger partial charge in [0.05, 0.1) is 13.5 Å². The quantitative estimate of drug-likeness (QED) is 0.773. The number of esters is 1. The monoisotopic (exact) mass is 208 g/mol. The van der Waals surface area contributed by atoms with Crippen molar-refractivity contribution in [2.24, 2.45) is 0 Å². The summed E-state index contributed by atoms with van der Waals surface area (Å²) in [6.07, 6.45) is 1.20. The highest BCUT2D eigenvalue weighted by Crippen LogP contribution is 2.26. The molecule has 1 N–H and O–H groups in total. The van der Waals surface area contributed by atoms with E-state index >= 15 is 0 Å². The van der Waals surface area contributed by atoms with Gasteiger partial charge in [-0.25, -0.2) is 0 Å². The van der Waals surface area contributed by atoms with Gasteiger partial charge >= 0.3 is 5.97 Å². The number of methoxy groups -OCH3 is 1. The Morgan fingerprint density at radius 1 is 1.53 bits per heavy atom. The summed E-state index contributed by atoms with van der Waals surface area (Å²) in [5.74, 6) is 0.130. The summed E-state index contributed by atoms with van der Waals surface area (Å²) in [4.78, 5) is 11.2. The summed E-state index contributed by atoms with van der Waals surface area (Å²) in [5, 5.41) is 9.33. The Labute approximate surface area is 89.7 Å². The Kier molecular flexibility index (Phi) is 4.16. The molecule has 0 radical (unpaired) electrons. The van der Waals surface area contributed by atoms with E-state index in [2.05, 4.69) is 4.74 Å². The Bertz CT molecular complexity index is 333. The van der Waals surface area contributed by atoms with E-state index in [1.807, 2.05) is 13.0 Å². The summed E-state index contributed by atoms with van der Waals surface area (Å²) in [6, 6.07) is 7.01. The molecule has 15 heavy (non-hydrogen) atoms. The van der Waals surface area contributed by atoms with Crippen LogP contribution in [0.25, 0.3) is 0 Å². The Hall–Kier alpha value is -1.51. The van der Waals surface area contributed by atoms with Gasteiger partial charge < -0.3 is 9.84 Å². The molecule has 0 heterocycles. The molecule has 3 heteroatoms. The third-order valence-electron chi connectivity index (χ3n) is 2.48. The van der Waals surface area contributed by atoms with Crippen molar-refractivity contribution in [2.75, 3.05) is 7.11 Å². The molecule has 1 unspecified atom stereocenters. The number of hydrogen-bond donors (Lipinski definition) is 1. The molecule has 0 aliphatic heterocycles. The molecule has 1 aromatic rings. The molecule has 0 bridgehead atoms. The molecule has 0 aliphatic rings. The number of rotatable bonds is 4. The maximum atomic E-state index is 11.2. The van der Waals surface area contributed by atoms with Crippen LogP contribution in [0, 0.1) is 0 Å². The van der Waals surface area contributed by atoms with E-state index in [0.29, 0.717) is 6.42 Å². The van der Waals surface area contributed by atoms with Crippen LogP contribution in [0.2, 0.25) is 0 Å². The van der Waals surface area contributed by atoms with Crippen LogP contribution in [0.15, 0.2) is 24.3 Å². The van der Waals surface area contributed by atoms with Crippen LogP contribution in [-0.2, 0) is 9.53 Å². The van der Waals surface area contributed by atoms with Crippen LogP contribution in [0.5, 0.6) is 5.75 Å². The number of carbonyl (C=O) groups is 1. The van der Waals surface area contributed by atoms with Gasteiger partial charge in [0.2, 0.25) is 0 Å². The van der Waals surface area contributed by atoms with Crippen LogP contribution in [0.3, 0.4) is 0 Å². The molecular weight excluding hydrogens is 192 g/mol. The lowest BCUT2D eigenvalue weighted by Crippen LogP contribution is -2.07. The van der Waals surface area contributed by atoms with Gasteiger partial charge in [0.15, 0.2) is 0 Å². The summed E-state index contributed by atoms with van der Waals surface area (Å²) in [5.41, 5.74) is 0.975. The summed E-state index contributed by atoms with van der Waals surface area (Å²) >= 11 is 0. The smallest absolute Gasteiger partial charge is 0.306 e. The van der Waals surface area contributed by atoms with Gasteiger partial charge in [0.25, 0.3) is 0 Å². The predicted molar refractivity (Wildman–Crippen MR) is 57.8 cm³/mol. The normalized spacial score (nSPS) is 12.1. The zero-order valence-electron chi connectivity index (χ0n) is 9.06. The standard InChI is InChI=1S/C12H16O3/c1-3-9(8-12(14)15-2)10-5-4-6-11(13)7-10/h4-7,9,13H,3,8H2,1-2H3. The molecule has 0 aliphatic carbocycles. The Balaban J connectivity index is 2.78. The third kappa shape index (κ3) is 3.27. The molecule has 0 amide bonds. The second-order valence-electron chi connectivity index (χ2n) is 3.48. The van der Waals surface area contributed by atoms with Crippen molar-refractivity contribution in [3.63, 3.8) is 0 Å². The zero-order chi connectivity index (χ0) is 11.3. The fourth-order valence-electron chi connectivity index (χ4n) is 1.56. The lowest BCUT2D eigenvalue weighted by molar-refractivity contribution is -0.141. The number of benzene rings is 1. The maximum absolute atomic E-state index is 11.2. The molecule has 0 aromatic heterocycles. The lowest BCUT2D eigenvalue weighted by Gasteiger charge is -2.13. The highest BCUT2D eigenvalue weighted by Gasteiger charge is 2.14. The average molecular weight is 208 g/mol. The number of phenolic OH excluding ortho intramolecular Hbond substituents is 1. The summed E-state index contributed by atoms with van der Waals surface area (Å²) < 4.78 is 4.63. The van der Waals surface area contributed by atoms with Gasteiger partial charge in [-0.15, -0.1) is 0 Å². The minimum atomic E-state index is -0.217. The highest BCUT2D eigenvalue weighted by atomic mass is 16.5. The van der Waals surface area contributed by atoms with E-state index in [1.54, 1.807) is 18.2 Å². The molecule has 0 spiro atoms. The molecular formula is C12H16O3. The first-order valence-electron chi connectivity index (χ1n) is 5.03. The van der Waals surface area contributed by atoms with Gasteiger partial charge in [-0.1, -0.05) is 19.1 Å². The van der Waals surface area contributed by atoms with E-state index in [1.165, 1.54) is 7.11 Å². The second-order valence-corrected chi connectivity index (χ2v) is 3.48. The van der Waals surface area contributed by atoms with Gasteiger partial charge in [0.1, 0.15) is 5.75 Å². The van der Waals surface area contributed by atoms with Crippen LogP contribution >= 0.6 is 0 Å². The second kappa shape index (κ2) is 5.39. The van der Waals surface area contributed by atoms with E-state index in [9.17, 15) is 9.90 Å². The van der Waals surface area contributed by atoms with Crippen molar-refractivity contribution < 1.29 is 14.6 Å². The number of ether oxygens (including phenoxy) is 1. The minimum absolute atomic E-state index is 0.115. The fraction of sp³-hybridized carbons (Fsp3) is 0.417. The van der Waals surface area contributed by atoms with Crippen molar-refractivity contribution in [2.45, 2.75) is 25.7 Å². The van der Waals surface area contributed by atoms with Crippen LogP contribution < -0.4 is 0 Å². The van der Waals surface area contributed by atoms with Crippen LogP contribution in [-0.4, -0.2) is 18.2 Å². The number of aromatic hydroxyl groups is 1. The molecule has 82 valence electrons. The van der Waals surface area contributed by atoms with E-state index in [-0.39, 0.29) is 17.6 Å². The number of carbonyl (C=O) groups excluding carboxylic acids is 1. The number of phenols is 1. The van der Waals surface area contributed by atoms with Gasteiger partial charge in [-0.3, -0.25) is 4.79 Å². The van der Waals surface area contributed by atoms with Gasteiger partial charge in [-0.05, 0) is 30.0 Å². The van der Waals surface area contributed by atoms with Crippen LogP contribution in [0.1, 0.15) is 31.2 Å². The topological polar surface area (TPSA) is 46.5 Å². The Morgan fingerprint density at radius 3 is 2.80 bits per heavy atom. The first kappa shape index (κ1) is 11.6. The average Bonchev–Trinajstić information content (AvgIpc) is 2.25. The lowest BCUT2D eigenvalue weighted by atomic mass is 9.93. The molecule has 0 saturated carbocycles. The van der Waals surface area contributed by atoms with Crippen LogP contribution in [0.4, 0.5) is 0 Å². The van der Waals surface area contributed by atoms with E-state index in [0.717, 1.165) is 12.0 Å². The van der Waals surface area contributed by atoms with Crippen molar-refractivity contribution in [1.29, 1.82) is 0 Å². The molecule has 1 rings (SSSR count). The van der Waals surface area contributed by atoms with Crippen molar-refractivity contribution >= 4 is 5.97 Å². The first-order valence-corrected chi connectivity index (χ1v) is 5.03. The van der Waals surface area contributed by atoms with Gasteiger partial charge in [-0.2, -0.15) is 0 Å². The predicted octanol–water partition coefficient (Wildman–Crippen LogP) is 2.45. The number of hydrogen-bond acceptors (Lipinski definition) is 3. The third-order valence-corrected chi connectivity index (χ3v) is 2.48. The summed E-state index contributed by atoms with van der Waals surface area (Å²) in [7, 11) is 1.39. The van der Waals surface area contributed by atoms with E-state index in [4.69, 9.17) is 0 Å². The van der Waals surface area contributed by atoms with Gasteiger partial charge in [0, 0.05) is 0 Å². The SMILES string of the molecule is CCC(CC(=O)OC)c1cccc(O)c1. The van der Waals surface area contributed by atoms with E-state index < -0.39 is 0 Å². The molecule has 1 atom stereocenters. The maximum Gasteiger partial charge on any atom is 0.306 e. The largest absolute Gasteiger partial charge is 0.508 e. The molecule has 3 nitrogen and oxygen atoms in total. The molecule has 1 aromatic carbocycles. The fourth-order valence-corrected chi connectivity index (χ4v) is 1.56. The zero-order valence-corrected chi connectivity index (χ0v) is 9.06. The van der Waals surface area contributed by atoms with Crippen molar-refractivity contribution in [3.8, 4) is 5.75 Å². The molecule has 0 fully saturated rings. The first-order chi connectivity index (χ1) is 7.17.